The van der Waals surface area contributed by atoms with Crippen LogP contribution in [0.5, 0.6) is 17.2 Å². The van der Waals surface area contributed by atoms with E-state index in [2.05, 4.69) is 85.6 Å². The van der Waals surface area contributed by atoms with E-state index < -0.39 is 18.1 Å². The van der Waals surface area contributed by atoms with Crippen LogP contribution in [-0.2, 0) is 16.2 Å². The number of hydrogen-bond acceptors (Lipinski definition) is 9. The van der Waals surface area contributed by atoms with Crippen LogP contribution >= 0.6 is 0 Å². The van der Waals surface area contributed by atoms with Crippen LogP contribution in [0.3, 0.4) is 0 Å². The van der Waals surface area contributed by atoms with Gasteiger partial charge in [0.1, 0.15) is 35.5 Å². The van der Waals surface area contributed by atoms with Gasteiger partial charge in [-0.15, -0.1) is 0 Å². The van der Waals surface area contributed by atoms with Crippen molar-refractivity contribution < 1.29 is 28.6 Å². The third-order valence-corrected chi connectivity index (χ3v) is 13.2. The zero-order valence-corrected chi connectivity index (χ0v) is 48.9. The monoisotopic (exact) mass is 1110 g/mol. The molecule has 0 aliphatic heterocycles. The highest BCUT2D eigenvalue weighted by molar-refractivity contribution is 6.02. The van der Waals surface area contributed by atoms with Crippen molar-refractivity contribution in [1.82, 2.24) is 0 Å². The lowest BCUT2D eigenvalue weighted by atomic mass is 9.85. The number of hydrogen-bond donors (Lipinski definition) is 6. The van der Waals surface area contributed by atoms with Crippen molar-refractivity contribution in [1.29, 1.82) is 15.8 Å². The predicted octanol–water partition coefficient (Wildman–Crippen LogP) is 14.4. The highest BCUT2D eigenvalue weighted by Gasteiger charge is 2.25. The van der Waals surface area contributed by atoms with E-state index in [1.165, 1.54) is 0 Å². The third kappa shape index (κ3) is 15.2. The van der Waals surface area contributed by atoms with Crippen molar-refractivity contribution in [2.45, 2.75) is 78.6 Å². The predicted molar refractivity (Wildman–Crippen MR) is 331 cm³/mol. The molecule has 0 bridgehead atoms. The van der Waals surface area contributed by atoms with Crippen LogP contribution in [0.25, 0.3) is 0 Å². The van der Waals surface area contributed by atoms with Gasteiger partial charge < -0.3 is 46.1 Å². The molecule has 7 aromatic carbocycles. The Hall–Kier alpha value is -11.1. The molecule has 420 valence electrons. The zero-order valence-electron chi connectivity index (χ0n) is 48.9. The second-order valence-electron chi connectivity index (χ2n) is 22.3. The van der Waals surface area contributed by atoms with Crippen molar-refractivity contribution >= 4 is 52.2 Å². The SMILES string of the molecule is COc1ccc(NC(=O)Nc2ccc(C(C)(C)C)cc2C#Cc2c(C#N)c(C#Cc3cc(C(C)(C)C)ccc3NC(=O)Nc3ccc(OC)cc3)c(C#N)c(C#Cc3cc(C(C)(C)C)ccc3NC(=O)Nc3ccc(OC)cc3)c2C#N)cc1. The first-order valence-electron chi connectivity index (χ1n) is 26.5. The Morgan fingerprint density at radius 2 is 0.571 bits per heavy atom. The molecule has 0 aliphatic carbocycles. The summed E-state index contributed by atoms with van der Waals surface area (Å²) in [6.45, 7) is 18.2. The lowest BCUT2D eigenvalue weighted by Gasteiger charge is -2.20. The number of anilines is 6. The number of carbonyl (C=O) groups is 3. The molecule has 7 rings (SSSR count). The molecule has 0 spiro atoms. The van der Waals surface area contributed by atoms with Gasteiger partial charge in [0.25, 0.3) is 0 Å². The number of nitrogens with zero attached hydrogens (tertiary/aromatic N) is 3. The number of amides is 6. The summed E-state index contributed by atoms with van der Waals surface area (Å²) in [5, 5.41) is 50.9. The minimum Gasteiger partial charge on any atom is -0.497 e. The Balaban J connectivity index is 1.45. The van der Waals surface area contributed by atoms with E-state index in [0.29, 0.717) is 68.1 Å². The van der Waals surface area contributed by atoms with Gasteiger partial charge in [-0.05, 0) is 142 Å². The number of carbonyl (C=O) groups excluding carboxylic acids is 3. The van der Waals surface area contributed by atoms with Crippen molar-refractivity contribution in [3.63, 3.8) is 0 Å². The van der Waals surface area contributed by atoms with E-state index >= 15 is 0 Å². The first-order chi connectivity index (χ1) is 39.9. The molecule has 0 fully saturated rings. The molecule has 6 amide bonds. The van der Waals surface area contributed by atoms with E-state index in [1.54, 1.807) is 112 Å². The fraction of sp³-hybridized carbons (Fsp3) is 0.217. The summed E-state index contributed by atoms with van der Waals surface area (Å²) in [5.74, 6) is 20.6. The lowest BCUT2D eigenvalue weighted by molar-refractivity contribution is 0.261. The van der Waals surface area contributed by atoms with Crippen LogP contribution in [0.2, 0.25) is 0 Å². The standard InChI is InChI=1S/C69H63N9O6/c1-67(2,3)46-16-34-61(76-64(79)73-49-19-25-52(82-10)26-20-49)43(37-46)13-31-55-58(40-70)56(32-14-44-38-47(68(4,5)6)17-35-62(44)77-65(80)74-50-21-27-53(83-11)28-22-50)60(42-72)57(59(55)41-71)33-15-45-39-48(69(7,8)9)18-36-63(45)78-66(81)75-51-23-29-54(84-12)30-24-51/h16-30,34-39H,1-12H3,(H2,73,76,79)(H2,74,77,80)(H2,75,78,81). The van der Waals surface area contributed by atoms with Crippen LogP contribution in [-0.4, -0.2) is 39.4 Å². The average Bonchev–Trinajstić information content (AvgIpc) is 3.09. The van der Waals surface area contributed by atoms with Gasteiger partial charge in [-0.2, -0.15) is 15.8 Å². The summed E-state index contributed by atoms with van der Waals surface area (Å²) in [6, 6.07) is 41.6. The molecule has 0 aliphatic rings. The number of methoxy groups -OCH3 is 3. The first kappa shape index (κ1) is 60.5. The van der Waals surface area contributed by atoms with Gasteiger partial charge in [0.05, 0.1) is 71.8 Å². The largest absolute Gasteiger partial charge is 0.497 e. The minimum absolute atomic E-state index is 0.0938. The smallest absolute Gasteiger partial charge is 0.323 e. The highest BCUT2D eigenvalue weighted by atomic mass is 16.5. The molecule has 0 aromatic heterocycles. The summed E-state index contributed by atoms with van der Waals surface area (Å²) in [4.78, 5) is 40.8. The molecule has 0 unspecified atom stereocenters. The van der Waals surface area contributed by atoms with Gasteiger partial charge >= 0.3 is 18.1 Å². The Kier molecular flexibility index (Phi) is 18.7. The van der Waals surface area contributed by atoms with Crippen molar-refractivity contribution in [2.75, 3.05) is 53.2 Å². The van der Waals surface area contributed by atoms with Gasteiger partial charge in [-0.3, -0.25) is 0 Å². The number of ether oxygens (including phenoxy) is 3. The van der Waals surface area contributed by atoms with E-state index in [-0.39, 0.29) is 49.6 Å². The lowest BCUT2D eigenvalue weighted by Crippen LogP contribution is -2.20. The Morgan fingerprint density at radius 3 is 0.774 bits per heavy atom. The average molecular weight is 1110 g/mol. The van der Waals surface area contributed by atoms with Crippen LogP contribution in [0.1, 0.15) is 129 Å². The summed E-state index contributed by atoms with van der Waals surface area (Å²) < 4.78 is 15.8. The van der Waals surface area contributed by atoms with E-state index in [1.807, 2.05) is 98.7 Å². The first-order valence-corrected chi connectivity index (χ1v) is 26.5. The Labute approximate surface area is 491 Å². The second-order valence-corrected chi connectivity index (χ2v) is 22.3. The minimum atomic E-state index is -0.569. The maximum absolute atomic E-state index is 13.6. The molecule has 15 heteroatoms. The third-order valence-electron chi connectivity index (χ3n) is 13.2. The molecular weight excluding hydrogens is 1050 g/mol. The number of urea groups is 3. The van der Waals surface area contributed by atoms with Gasteiger partial charge in [0, 0.05) is 33.8 Å². The van der Waals surface area contributed by atoms with Crippen LogP contribution in [0.4, 0.5) is 48.5 Å². The molecule has 0 radical (unpaired) electrons. The van der Waals surface area contributed by atoms with E-state index in [0.717, 1.165) is 16.7 Å². The maximum atomic E-state index is 13.6. The topological polar surface area (TPSA) is 222 Å². The molecule has 0 saturated heterocycles. The van der Waals surface area contributed by atoms with Crippen LogP contribution in [0.15, 0.2) is 127 Å². The number of nitrogens with one attached hydrogen (secondary N) is 6. The van der Waals surface area contributed by atoms with Gasteiger partial charge in [-0.1, -0.05) is 116 Å². The van der Waals surface area contributed by atoms with Crippen molar-refractivity contribution in [3.05, 3.63) is 194 Å². The van der Waals surface area contributed by atoms with Gasteiger partial charge in [0.15, 0.2) is 0 Å². The van der Waals surface area contributed by atoms with Gasteiger partial charge in [0.2, 0.25) is 0 Å². The van der Waals surface area contributed by atoms with Gasteiger partial charge in [-0.25, -0.2) is 14.4 Å². The zero-order chi connectivity index (χ0) is 60.9. The van der Waals surface area contributed by atoms with E-state index in [4.69, 9.17) is 14.2 Å². The fourth-order valence-corrected chi connectivity index (χ4v) is 8.40. The molecule has 6 N–H and O–H groups in total. The van der Waals surface area contributed by atoms with E-state index in [9.17, 15) is 30.2 Å². The molecular formula is C69H63N9O6. The number of rotatable bonds is 9. The molecule has 0 saturated carbocycles. The van der Waals surface area contributed by atoms with Crippen LogP contribution in [0, 0.1) is 69.5 Å². The summed E-state index contributed by atoms with van der Waals surface area (Å²) in [7, 11) is 4.64. The Morgan fingerprint density at radius 1 is 0.333 bits per heavy atom. The Bertz CT molecular complexity index is 3580. The summed E-state index contributed by atoms with van der Waals surface area (Å²) in [6.07, 6.45) is 0. The van der Waals surface area contributed by atoms with Crippen LogP contribution < -0.4 is 46.1 Å². The summed E-state index contributed by atoms with van der Waals surface area (Å²) in [5.41, 5.74) is 4.08. The number of nitriles is 3. The number of benzene rings is 7. The molecule has 0 atom stereocenters. The second kappa shape index (κ2) is 26.0. The quantitative estimate of drug-likeness (QED) is 0.0756. The van der Waals surface area contributed by atoms with Crippen molar-refractivity contribution in [3.8, 4) is 71.0 Å². The normalized spacial score (nSPS) is 10.7. The molecule has 84 heavy (non-hydrogen) atoms. The molecule has 7 aromatic rings. The van der Waals surface area contributed by atoms with Crippen molar-refractivity contribution in [2.24, 2.45) is 0 Å². The fourth-order valence-electron chi connectivity index (χ4n) is 8.40. The molecule has 0 heterocycles. The summed E-state index contributed by atoms with van der Waals surface area (Å²) >= 11 is 0. The molecule has 15 nitrogen and oxygen atoms in total. The highest BCUT2D eigenvalue weighted by Crippen LogP contribution is 2.33. The maximum Gasteiger partial charge on any atom is 0.323 e.